The van der Waals surface area contributed by atoms with Crippen molar-refractivity contribution in [1.82, 2.24) is 24.0 Å². The Kier molecular flexibility index (Phi) is 4.19. The summed E-state index contributed by atoms with van der Waals surface area (Å²) in [5, 5.41) is 0. The maximum absolute atomic E-state index is 12.9. The molecular weight excluding hydrogens is 352 g/mol. The van der Waals surface area contributed by atoms with E-state index in [1.807, 2.05) is 42.7 Å². The lowest BCUT2D eigenvalue weighted by molar-refractivity contribution is 0.0709. The van der Waals surface area contributed by atoms with Gasteiger partial charge in [0.1, 0.15) is 5.69 Å². The molecular formula is C21H26N6O. The van der Waals surface area contributed by atoms with Gasteiger partial charge in [-0.15, -0.1) is 0 Å². The molecule has 2 aromatic heterocycles. The lowest BCUT2D eigenvalue weighted by Gasteiger charge is -2.30. The van der Waals surface area contributed by atoms with Crippen molar-refractivity contribution >= 4 is 16.9 Å². The van der Waals surface area contributed by atoms with Crippen molar-refractivity contribution in [2.24, 2.45) is 18.7 Å². The van der Waals surface area contributed by atoms with Crippen LogP contribution < -0.4 is 5.73 Å². The van der Waals surface area contributed by atoms with E-state index >= 15 is 0 Å². The second-order valence-corrected chi connectivity index (χ2v) is 8.23. The third-order valence-electron chi connectivity index (χ3n) is 5.97. The Morgan fingerprint density at radius 2 is 2.14 bits per heavy atom. The van der Waals surface area contributed by atoms with Crippen LogP contribution >= 0.6 is 0 Å². The minimum atomic E-state index is 0.0445. The van der Waals surface area contributed by atoms with Crippen LogP contribution in [0.15, 0.2) is 30.7 Å². The summed E-state index contributed by atoms with van der Waals surface area (Å²) < 4.78 is 4.28. The Bertz CT molecular complexity index is 1030. The number of aryl methyl sites for hydroxylation is 1. The van der Waals surface area contributed by atoms with Gasteiger partial charge in [0, 0.05) is 38.3 Å². The second-order valence-electron chi connectivity index (χ2n) is 8.23. The number of hydrogen-bond donors (Lipinski definition) is 1. The highest BCUT2D eigenvalue weighted by Crippen LogP contribution is 2.33. The maximum atomic E-state index is 12.9. The van der Waals surface area contributed by atoms with Crippen molar-refractivity contribution in [3.05, 3.63) is 36.3 Å². The van der Waals surface area contributed by atoms with Crippen LogP contribution in [0.2, 0.25) is 0 Å². The number of carbonyl (C=O) groups is 1. The number of piperidine rings is 1. The van der Waals surface area contributed by atoms with Crippen LogP contribution in [0.25, 0.3) is 22.6 Å². The van der Waals surface area contributed by atoms with E-state index in [0.29, 0.717) is 12.1 Å². The SMILES string of the molecule is Cn1c(-c2cncn2CC2CC2)nc2cc(C(=O)N3CCC[C@@H](N)C3)ccc21. The first kappa shape index (κ1) is 17.4. The molecule has 0 unspecified atom stereocenters. The molecule has 146 valence electrons. The quantitative estimate of drug-likeness (QED) is 0.756. The van der Waals surface area contributed by atoms with Gasteiger partial charge in [0.15, 0.2) is 5.82 Å². The average molecular weight is 378 g/mol. The topological polar surface area (TPSA) is 82.0 Å². The number of fused-ring (bicyclic) bond motifs is 1. The van der Waals surface area contributed by atoms with E-state index in [0.717, 1.165) is 54.4 Å². The van der Waals surface area contributed by atoms with E-state index in [9.17, 15) is 4.79 Å². The molecule has 1 aliphatic heterocycles. The number of nitrogens with zero attached hydrogens (tertiary/aromatic N) is 5. The molecule has 1 aromatic carbocycles. The lowest BCUT2D eigenvalue weighted by Crippen LogP contribution is -2.45. The number of benzene rings is 1. The molecule has 3 heterocycles. The zero-order valence-corrected chi connectivity index (χ0v) is 16.2. The molecule has 0 radical (unpaired) electrons. The number of likely N-dealkylation sites (tertiary alicyclic amines) is 1. The number of hydrogen-bond acceptors (Lipinski definition) is 4. The molecule has 5 rings (SSSR count). The minimum Gasteiger partial charge on any atom is -0.337 e. The van der Waals surface area contributed by atoms with Crippen molar-refractivity contribution in [2.75, 3.05) is 13.1 Å². The first-order chi connectivity index (χ1) is 13.6. The van der Waals surface area contributed by atoms with Crippen LogP contribution in [0.5, 0.6) is 0 Å². The number of aromatic nitrogens is 4. The molecule has 7 nitrogen and oxygen atoms in total. The molecule has 1 amide bonds. The number of imidazole rings is 2. The van der Waals surface area contributed by atoms with Gasteiger partial charge < -0.3 is 19.8 Å². The Balaban J connectivity index is 1.48. The standard InChI is InChI=1S/C21H26N6O/c1-25-18-7-6-15(21(28)26-8-2-3-16(22)12-26)9-17(18)24-20(25)19-10-23-13-27(19)11-14-4-5-14/h6-7,9-10,13-14,16H,2-5,8,11-12,22H2,1H3/t16-/m1/s1. The van der Waals surface area contributed by atoms with E-state index in [-0.39, 0.29) is 11.9 Å². The second kappa shape index (κ2) is 6.74. The zero-order valence-electron chi connectivity index (χ0n) is 16.2. The van der Waals surface area contributed by atoms with Gasteiger partial charge in [-0.1, -0.05) is 0 Å². The van der Waals surface area contributed by atoms with Gasteiger partial charge in [0.2, 0.25) is 0 Å². The van der Waals surface area contributed by atoms with Gasteiger partial charge in [-0.25, -0.2) is 9.97 Å². The molecule has 2 N–H and O–H groups in total. The van der Waals surface area contributed by atoms with Crippen LogP contribution in [0.4, 0.5) is 0 Å². The van der Waals surface area contributed by atoms with Crippen LogP contribution in [-0.4, -0.2) is 49.0 Å². The molecule has 3 aromatic rings. The van der Waals surface area contributed by atoms with Crippen molar-refractivity contribution in [1.29, 1.82) is 0 Å². The van der Waals surface area contributed by atoms with Gasteiger partial charge in [0.25, 0.3) is 5.91 Å². The zero-order chi connectivity index (χ0) is 19.3. The predicted molar refractivity (Wildman–Crippen MR) is 108 cm³/mol. The summed E-state index contributed by atoms with van der Waals surface area (Å²) >= 11 is 0. The summed E-state index contributed by atoms with van der Waals surface area (Å²) in [5.41, 5.74) is 9.60. The van der Waals surface area contributed by atoms with Crippen LogP contribution in [-0.2, 0) is 13.6 Å². The molecule has 1 aliphatic carbocycles. The highest BCUT2D eigenvalue weighted by Gasteiger charge is 2.25. The van der Waals surface area contributed by atoms with E-state index < -0.39 is 0 Å². The van der Waals surface area contributed by atoms with Gasteiger partial charge in [-0.05, 0) is 49.8 Å². The summed E-state index contributed by atoms with van der Waals surface area (Å²) in [6.07, 6.45) is 8.32. The molecule has 28 heavy (non-hydrogen) atoms. The summed E-state index contributed by atoms with van der Waals surface area (Å²) in [6.45, 7) is 2.40. The Morgan fingerprint density at radius 1 is 1.29 bits per heavy atom. The Labute approximate surface area is 164 Å². The largest absolute Gasteiger partial charge is 0.337 e. The Morgan fingerprint density at radius 3 is 2.93 bits per heavy atom. The molecule has 7 heteroatoms. The summed E-state index contributed by atoms with van der Waals surface area (Å²) in [6, 6.07) is 5.88. The smallest absolute Gasteiger partial charge is 0.253 e. The average Bonchev–Trinajstić information content (AvgIpc) is 3.30. The van der Waals surface area contributed by atoms with Gasteiger partial charge in [-0.3, -0.25) is 4.79 Å². The number of nitrogens with two attached hydrogens (primary N) is 1. The molecule has 0 spiro atoms. The number of carbonyl (C=O) groups excluding carboxylic acids is 1. The number of rotatable bonds is 4. The third-order valence-corrected chi connectivity index (χ3v) is 5.97. The van der Waals surface area contributed by atoms with Crippen LogP contribution in [0.1, 0.15) is 36.0 Å². The van der Waals surface area contributed by atoms with E-state index in [4.69, 9.17) is 10.7 Å². The summed E-state index contributed by atoms with van der Waals surface area (Å²) in [4.78, 5) is 24.0. The Hall–Kier alpha value is -2.67. The van der Waals surface area contributed by atoms with Crippen LogP contribution in [0.3, 0.4) is 0 Å². The minimum absolute atomic E-state index is 0.0445. The molecule has 0 bridgehead atoms. The van der Waals surface area contributed by atoms with Gasteiger partial charge in [-0.2, -0.15) is 0 Å². The van der Waals surface area contributed by atoms with Gasteiger partial charge >= 0.3 is 0 Å². The fraction of sp³-hybridized carbons (Fsp3) is 0.476. The van der Waals surface area contributed by atoms with E-state index in [1.165, 1.54) is 12.8 Å². The molecule has 1 atom stereocenters. The van der Waals surface area contributed by atoms with Crippen LogP contribution in [0, 0.1) is 5.92 Å². The van der Waals surface area contributed by atoms with Crippen molar-refractivity contribution < 1.29 is 4.79 Å². The number of amides is 1. The van der Waals surface area contributed by atoms with Crippen molar-refractivity contribution in [2.45, 2.75) is 38.3 Å². The molecule has 2 fully saturated rings. The van der Waals surface area contributed by atoms with E-state index in [1.54, 1.807) is 0 Å². The van der Waals surface area contributed by atoms with E-state index in [2.05, 4.69) is 14.1 Å². The van der Waals surface area contributed by atoms with Crippen molar-refractivity contribution in [3.8, 4) is 11.5 Å². The lowest BCUT2D eigenvalue weighted by atomic mass is 10.1. The third kappa shape index (κ3) is 3.09. The first-order valence-electron chi connectivity index (χ1n) is 10.1. The predicted octanol–water partition coefficient (Wildman–Crippen LogP) is 2.41. The first-order valence-corrected chi connectivity index (χ1v) is 10.1. The highest BCUT2D eigenvalue weighted by molar-refractivity contribution is 5.98. The summed E-state index contributed by atoms with van der Waals surface area (Å²) in [5.74, 6) is 1.70. The highest BCUT2D eigenvalue weighted by atomic mass is 16.2. The molecule has 1 saturated carbocycles. The van der Waals surface area contributed by atoms with Crippen molar-refractivity contribution in [3.63, 3.8) is 0 Å². The molecule has 1 saturated heterocycles. The monoisotopic (exact) mass is 378 g/mol. The fourth-order valence-corrected chi connectivity index (χ4v) is 4.17. The maximum Gasteiger partial charge on any atom is 0.253 e. The normalized spacial score (nSPS) is 20.1. The molecule has 2 aliphatic rings. The van der Waals surface area contributed by atoms with Gasteiger partial charge in [0.05, 0.1) is 23.6 Å². The summed E-state index contributed by atoms with van der Waals surface area (Å²) in [7, 11) is 2.02. The fourth-order valence-electron chi connectivity index (χ4n) is 4.17.